The standard InChI is InChI=1S/C11H17N5O2/c1-15-9(3-5-14-15)11(18)16(7-10(12)17)8-2-4-13-6-8/h3,5,8,13H,2,4,6-7H2,1H3,(H2,12,17). The normalized spacial score (nSPS) is 18.8. The minimum atomic E-state index is -0.502. The Morgan fingerprint density at radius 2 is 2.44 bits per heavy atom. The van der Waals surface area contributed by atoms with E-state index in [1.165, 1.54) is 9.58 Å². The van der Waals surface area contributed by atoms with Gasteiger partial charge in [-0.05, 0) is 19.0 Å². The van der Waals surface area contributed by atoms with Crippen LogP contribution in [0.3, 0.4) is 0 Å². The van der Waals surface area contributed by atoms with Crippen molar-refractivity contribution in [3.8, 4) is 0 Å². The molecule has 7 nitrogen and oxygen atoms in total. The van der Waals surface area contributed by atoms with Gasteiger partial charge in [0.2, 0.25) is 5.91 Å². The van der Waals surface area contributed by atoms with Crippen LogP contribution in [0.5, 0.6) is 0 Å². The molecule has 1 fully saturated rings. The summed E-state index contributed by atoms with van der Waals surface area (Å²) in [5, 5.41) is 7.14. The maximum Gasteiger partial charge on any atom is 0.272 e. The Balaban J connectivity index is 2.20. The number of rotatable bonds is 4. The highest BCUT2D eigenvalue weighted by atomic mass is 16.2. The second-order valence-electron chi connectivity index (χ2n) is 4.39. The Bertz CT molecular complexity index is 450. The fraction of sp³-hybridized carbons (Fsp3) is 0.545. The van der Waals surface area contributed by atoms with Crippen LogP contribution in [0, 0.1) is 0 Å². The van der Waals surface area contributed by atoms with Gasteiger partial charge in [0.05, 0.1) is 0 Å². The van der Waals surface area contributed by atoms with Gasteiger partial charge in [0, 0.05) is 25.8 Å². The molecule has 1 saturated heterocycles. The van der Waals surface area contributed by atoms with Crippen molar-refractivity contribution in [3.05, 3.63) is 18.0 Å². The molecule has 7 heteroatoms. The zero-order valence-electron chi connectivity index (χ0n) is 10.3. The number of aromatic nitrogens is 2. The molecular formula is C11H17N5O2. The molecule has 0 saturated carbocycles. The maximum absolute atomic E-state index is 12.4. The molecule has 2 amide bonds. The third kappa shape index (κ3) is 2.51. The Morgan fingerprint density at radius 1 is 1.67 bits per heavy atom. The largest absolute Gasteiger partial charge is 0.368 e. The van der Waals surface area contributed by atoms with Crippen LogP contribution >= 0.6 is 0 Å². The van der Waals surface area contributed by atoms with Gasteiger partial charge in [-0.1, -0.05) is 0 Å². The smallest absolute Gasteiger partial charge is 0.272 e. The van der Waals surface area contributed by atoms with Crippen molar-refractivity contribution in [2.75, 3.05) is 19.6 Å². The Labute approximate surface area is 105 Å². The van der Waals surface area contributed by atoms with Gasteiger partial charge >= 0.3 is 0 Å². The average Bonchev–Trinajstić information content (AvgIpc) is 2.95. The number of hydrogen-bond acceptors (Lipinski definition) is 4. The van der Waals surface area contributed by atoms with E-state index in [2.05, 4.69) is 10.4 Å². The summed E-state index contributed by atoms with van der Waals surface area (Å²) in [6, 6.07) is 1.65. The van der Waals surface area contributed by atoms with E-state index in [4.69, 9.17) is 5.73 Å². The van der Waals surface area contributed by atoms with Gasteiger partial charge in [-0.3, -0.25) is 14.3 Å². The van der Waals surface area contributed by atoms with Crippen LogP contribution < -0.4 is 11.1 Å². The Morgan fingerprint density at radius 3 is 2.94 bits per heavy atom. The number of nitrogens with one attached hydrogen (secondary N) is 1. The van der Waals surface area contributed by atoms with Gasteiger partial charge in [0.15, 0.2) is 0 Å². The number of amides is 2. The monoisotopic (exact) mass is 251 g/mol. The summed E-state index contributed by atoms with van der Waals surface area (Å²) in [5.41, 5.74) is 5.68. The molecule has 3 N–H and O–H groups in total. The number of carbonyl (C=O) groups is 2. The van der Waals surface area contributed by atoms with E-state index < -0.39 is 5.91 Å². The van der Waals surface area contributed by atoms with Crippen molar-refractivity contribution in [1.82, 2.24) is 20.0 Å². The molecule has 2 heterocycles. The molecule has 0 aliphatic carbocycles. The highest BCUT2D eigenvalue weighted by Crippen LogP contribution is 2.12. The van der Waals surface area contributed by atoms with E-state index in [9.17, 15) is 9.59 Å². The van der Waals surface area contributed by atoms with Gasteiger partial charge < -0.3 is 16.0 Å². The van der Waals surface area contributed by atoms with E-state index in [-0.39, 0.29) is 18.5 Å². The first-order valence-electron chi connectivity index (χ1n) is 5.87. The lowest BCUT2D eigenvalue weighted by Crippen LogP contribution is -2.46. The molecule has 1 aromatic rings. The first-order valence-corrected chi connectivity index (χ1v) is 5.87. The van der Waals surface area contributed by atoms with Crippen LogP contribution in [-0.4, -0.2) is 52.2 Å². The highest BCUT2D eigenvalue weighted by molar-refractivity contribution is 5.95. The lowest BCUT2D eigenvalue weighted by Gasteiger charge is -2.27. The van der Waals surface area contributed by atoms with Crippen molar-refractivity contribution in [2.24, 2.45) is 12.8 Å². The third-order valence-corrected chi connectivity index (χ3v) is 3.10. The molecule has 0 bridgehead atoms. The van der Waals surface area contributed by atoms with Crippen LogP contribution in [0.1, 0.15) is 16.9 Å². The van der Waals surface area contributed by atoms with Gasteiger partial charge in [-0.2, -0.15) is 5.10 Å². The molecule has 0 spiro atoms. The highest BCUT2D eigenvalue weighted by Gasteiger charge is 2.29. The topological polar surface area (TPSA) is 93.2 Å². The number of carbonyl (C=O) groups excluding carboxylic acids is 2. The van der Waals surface area contributed by atoms with Gasteiger partial charge in [-0.15, -0.1) is 0 Å². The molecule has 1 atom stereocenters. The van der Waals surface area contributed by atoms with Crippen molar-refractivity contribution in [2.45, 2.75) is 12.5 Å². The molecule has 0 aromatic carbocycles. The first-order chi connectivity index (χ1) is 8.59. The molecule has 98 valence electrons. The predicted octanol–water partition coefficient (Wildman–Crippen LogP) is -1.29. The molecule has 2 rings (SSSR count). The Kier molecular flexibility index (Phi) is 3.61. The molecule has 1 aliphatic heterocycles. The zero-order valence-corrected chi connectivity index (χ0v) is 10.3. The minimum absolute atomic E-state index is 0.0138. The molecule has 0 radical (unpaired) electrons. The summed E-state index contributed by atoms with van der Waals surface area (Å²) in [6.07, 6.45) is 2.39. The number of nitrogens with two attached hydrogens (primary N) is 1. The summed E-state index contributed by atoms with van der Waals surface area (Å²) in [7, 11) is 1.70. The molecule has 1 unspecified atom stereocenters. The number of nitrogens with zero attached hydrogens (tertiary/aromatic N) is 3. The summed E-state index contributed by atoms with van der Waals surface area (Å²) >= 11 is 0. The molecule has 18 heavy (non-hydrogen) atoms. The van der Waals surface area contributed by atoms with Crippen LogP contribution in [-0.2, 0) is 11.8 Å². The number of primary amides is 1. The maximum atomic E-state index is 12.4. The molecular weight excluding hydrogens is 234 g/mol. The quantitative estimate of drug-likeness (QED) is 0.696. The number of aryl methyl sites for hydroxylation is 1. The van der Waals surface area contributed by atoms with Gasteiger partial charge in [0.25, 0.3) is 5.91 Å². The van der Waals surface area contributed by atoms with Crippen LogP contribution in [0.25, 0.3) is 0 Å². The Hall–Kier alpha value is -1.89. The van der Waals surface area contributed by atoms with E-state index in [0.29, 0.717) is 12.2 Å². The fourth-order valence-corrected chi connectivity index (χ4v) is 2.17. The van der Waals surface area contributed by atoms with Crippen molar-refractivity contribution in [1.29, 1.82) is 0 Å². The SMILES string of the molecule is Cn1nccc1C(=O)N(CC(N)=O)C1CCNC1. The third-order valence-electron chi connectivity index (χ3n) is 3.10. The summed E-state index contributed by atoms with van der Waals surface area (Å²) < 4.78 is 1.50. The summed E-state index contributed by atoms with van der Waals surface area (Å²) in [5.74, 6) is -0.708. The van der Waals surface area contributed by atoms with Crippen LogP contribution in [0.15, 0.2) is 12.3 Å². The van der Waals surface area contributed by atoms with Crippen LogP contribution in [0.2, 0.25) is 0 Å². The lowest BCUT2D eigenvalue weighted by atomic mass is 10.2. The van der Waals surface area contributed by atoms with Gasteiger partial charge in [0.1, 0.15) is 12.2 Å². The van der Waals surface area contributed by atoms with E-state index in [1.807, 2.05) is 0 Å². The van der Waals surface area contributed by atoms with E-state index in [1.54, 1.807) is 19.3 Å². The van der Waals surface area contributed by atoms with Crippen molar-refractivity contribution < 1.29 is 9.59 Å². The van der Waals surface area contributed by atoms with E-state index in [0.717, 1.165) is 13.0 Å². The zero-order chi connectivity index (χ0) is 13.1. The fourth-order valence-electron chi connectivity index (χ4n) is 2.17. The number of hydrogen-bond donors (Lipinski definition) is 2. The lowest BCUT2D eigenvalue weighted by molar-refractivity contribution is -0.119. The van der Waals surface area contributed by atoms with Crippen LogP contribution in [0.4, 0.5) is 0 Å². The van der Waals surface area contributed by atoms with E-state index >= 15 is 0 Å². The van der Waals surface area contributed by atoms with Gasteiger partial charge in [-0.25, -0.2) is 0 Å². The summed E-state index contributed by atoms with van der Waals surface area (Å²) in [6.45, 7) is 1.48. The first kappa shape index (κ1) is 12.6. The second-order valence-corrected chi connectivity index (χ2v) is 4.39. The second kappa shape index (κ2) is 5.18. The summed E-state index contributed by atoms with van der Waals surface area (Å²) in [4.78, 5) is 25.0. The predicted molar refractivity (Wildman–Crippen MR) is 64.7 cm³/mol. The average molecular weight is 251 g/mol. The van der Waals surface area contributed by atoms with Crippen molar-refractivity contribution >= 4 is 11.8 Å². The van der Waals surface area contributed by atoms with Crippen molar-refractivity contribution in [3.63, 3.8) is 0 Å². The molecule has 1 aromatic heterocycles. The molecule has 1 aliphatic rings. The minimum Gasteiger partial charge on any atom is -0.368 e.